The molecule has 0 radical (unpaired) electrons. The van der Waals surface area contributed by atoms with E-state index in [0.717, 1.165) is 30.4 Å². The highest BCUT2D eigenvalue weighted by atomic mass is 32.2. The number of nitrogens with one attached hydrogen (secondary N) is 1. The third-order valence-electron chi connectivity index (χ3n) is 4.17. The van der Waals surface area contributed by atoms with E-state index < -0.39 is 0 Å². The van der Waals surface area contributed by atoms with E-state index in [1.807, 2.05) is 19.2 Å². The molecule has 1 aromatic carbocycles. The lowest BCUT2D eigenvalue weighted by molar-refractivity contribution is 0.0600. The summed E-state index contributed by atoms with van der Waals surface area (Å²) in [5, 5.41) is 4.08. The first-order chi connectivity index (χ1) is 11.5. The smallest absolute Gasteiger partial charge is 0.337 e. The van der Waals surface area contributed by atoms with Crippen molar-refractivity contribution in [2.24, 2.45) is 10.9 Å². The molecule has 0 aromatic heterocycles. The average molecular weight is 350 g/mol. The third-order valence-corrected chi connectivity index (χ3v) is 5.71. The normalized spacial score (nSPS) is 18.6. The second kappa shape index (κ2) is 8.97. The van der Waals surface area contributed by atoms with E-state index in [-0.39, 0.29) is 5.97 Å². The predicted octanol–water partition coefficient (Wildman–Crippen LogP) is 2.62. The SMILES string of the molecule is CN=C(NCc1ccc(C(=O)OC)cc1)N1CCSC(C(C)C)C1. The minimum atomic E-state index is -0.309. The number of rotatable bonds is 4. The Morgan fingerprint density at radius 1 is 1.42 bits per heavy atom. The maximum atomic E-state index is 11.5. The van der Waals surface area contributed by atoms with Gasteiger partial charge in [0.25, 0.3) is 0 Å². The number of nitrogens with zero attached hydrogens (tertiary/aromatic N) is 2. The number of thioether (sulfide) groups is 1. The maximum absolute atomic E-state index is 11.5. The van der Waals surface area contributed by atoms with Crippen LogP contribution in [0.1, 0.15) is 29.8 Å². The molecular weight excluding hydrogens is 322 g/mol. The van der Waals surface area contributed by atoms with E-state index in [2.05, 4.69) is 40.8 Å². The van der Waals surface area contributed by atoms with E-state index in [9.17, 15) is 4.79 Å². The van der Waals surface area contributed by atoms with Gasteiger partial charge in [-0.25, -0.2) is 4.79 Å². The summed E-state index contributed by atoms with van der Waals surface area (Å²) in [6.07, 6.45) is 0. The van der Waals surface area contributed by atoms with Crippen LogP contribution in [0.4, 0.5) is 0 Å². The molecule has 24 heavy (non-hydrogen) atoms. The predicted molar refractivity (Wildman–Crippen MR) is 101 cm³/mol. The summed E-state index contributed by atoms with van der Waals surface area (Å²) in [5.41, 5.74) is 1.68. The van der Waals surface area contributed by atoms with Gasteiger partial charge in [0.05, 0.1) is 12.7 Å². The Morgan fingerprint density at radius 3 is 2.71 bits per heavy atom. The summed E-state index contributed by atoms with van der Waals surface area (Å²) in [7, 11) is 3.22. The highest BCUT2D eigenvalue weighted by Crippen LogP contribution is 2.24. The number of benzene rings is 1. The molecule has 132 valence electrons. The van der Waals surface area contributed by atoms with Crippen LogP contribution < -0.4 is 5.32 Å². The van der Waals surface area contributed by atoms with Gasteiger partial charge in [-0.1, -0.05) is 26.0 Å². The summed E-state index contributed by atoms with van der Waals surface area (Å²) in [6, 6.07) is 7.46. The lowest BCUT2D eigenvalue weighted by atomic mass is 10.1. The lowest BCUT2D eigenvalue weighted by Gasteiger charge is -2.36. The molecule has 1 aromatic rings. The fraction of sp³-hybridized carbons (Fsp3) is 0.556. The molecule has 1 aliphatic rings. The Balaban J connectivity index is 1.93. The molecule has 1 atom stereocenters. The first-order valence-electron chi connectivity index (χ1n) is 8.29. The Labute approximate surface area is 148 Å². The largest absolute Gasteiger partial charge is 0.465 e. The van der Waals surface area contributed by atoms with Crippen molar-refractivity contribution >= 4 is 23.7 Å². The molecule has 0 amide bonds. The Bertz CT molecular complexity index is 572. The van der Waals surface area contributed by atoms with Crippen LogP contribution in [0.3, 0.4) is 0 Å². The first-order valence-corrected chi connectivity index (χ1v) is 9.34. The molecule has 1 aliphatic heterocycles. The number of carbonyl (C=O) groups is 1. The summed E-state index contributed by atoms with van der Waals surface area (Å²) < 4.78 is 4.72. The van der Waals surface area contributed by atoms with Crippen molar-refractivity contribution in [2.75, 3.05) is 33.0 Å². The molecule has 2 rings (SSSR count). The molecule has 5 nitrogen and oxygen atoms in total. The zero-order valence-electron chi connectivity index (χ0n) is 14.9. The summed E-state index contributed by atoms with van der Waals surface area (Å²) in [6.45, 7) is 7.29. The fourth-order valence-electron chi connectivity index (χ4n) is 2.66. The third kappa shape index (κ3) is 4.90. The van der Waals surface area contributed by atoms with E-state index in [1.54, 1.807) is 12.1 Å². The monoisotopic (exact) mass is 349 g/mol. The van der Waals surface area contributed by atoms with Crippen molar-refractivity contribution in [2.45, 2.75) is 25.6 Å². The van der Waals surface area contributed by atoms with Crippen LogP contribution in [0, 0.1) is 5.92 Å². The molecule has 6 heteroatoms. The number of ether oxygens (including phenoxy) is 1. The number of aliphatic imine (C=N–C) groups is 1. The van der Waals surface area contributed by atoms with Crippen molar-refractivity contribution in [1.82, 2.24) is 10.2 Å². The van der Waals surface area contributed by atoms with Gasteiger partial charge in [0.1, 0.15) is 0 Å². The number of guanidine groups is 1. The van der Waals surface area contributed by atoms with Gasteiger partial charge in [-0.3, -0.25) is 4.99 Å². The standard InChI is InChI=1S/C18H27N3O2S/c1-13(2)16-12-21(9-10-24-16)18(19-3)20-11-14-5-7-15(8-6-14)17(22)23-4/h5-8,13,16H,9-12H2,1-4H3,(H,19,20). The number of esters is 1. The van der Waals surface area contributed by atoms with Crippen molar-refractivity contribution in [3.63, 3.8) is 0 Å². The second-order valence-corrected chi connectivity index (χ2v) is 7.54. The molecule has 0 bridgehead atoms. The van der Waals surface area contributed by atoms with Crippen LogP contribution in [0.5, 0.6) is 0 Å². The fourth-order valence-corrected chi connectivity index (χ4v) is 3.96. The van der Waals surface area contributed by atoms with Gasteiger partial charge in [-0.15, -0.1) is 0 Å². The Hall–Kier alpha value is -1.69. The van der Waals surface area contributed by atoms with Crippen LogP contribution in [-0.4, -0.2) is 55.1 Å². The van der Waals surface area contributed by atoms with Gasteiger partial charge in [0.2, 0.25) is 0 Å². The van der Waals surface area contributed by atoms with Gasteiger partial charge < -0.3 is 15.0 Å². The van der Waals surface area contributed by atoms with Crippen LogP contribution in [0.25, 0.3) is 0 Å². The molecule has 1 fully saturated rings. The highest BCUT2D eigenvalue weighted by molar-refractivity contribution is 8.00. The molecular formula is C18H27N3O2S. The molecule has 1 saturated heterocycles. The van der Waals surface area contributed by atoms with Crippen molar-refractivity contribution in [3.8, 4) is 0 Å². The zero-order chi connectivity index (χ0) is 17.5. The topological polar surface area (TPSA) is 53.9 Å². The van der Waals surface area contributed by atoms with E-state index in [1.165, 1.54) is 7.11 Å². The van der Waals surface area contributed by atoms with Crippen molar-refractivity contribution in [3.05, 3.63) is 35.4 Å². The minimum absolute atomic E-state index is 0.309. The number of methoxy groups -OCH3 is 1. The van der Waals surface area contributed by atoms with Gasteiger partial charge in [0.15, 0.2) is 5.96 Å². The molecule has 0 saturated carbocycles. The Morgan fingerprint density at radius 2 is 2.12 bits per heavy atom. The van der Waals surface area contributed by atoms with Crippen LogP contribution in [0.2, 0.25) is 0 Å². The van der Waals surface area contributed by atoms with Crippen molar-refractivity contribution in [1.29, 1.82) is 0 Å². The number of carbonyl (C=O) groups excluding carboxylic acids is 1. The molecule has 1 N–H and O–H groups in total. The highest BCUT2D eigenvalue weighted by Gasteiger charge is 2.24. The summed E-state index contributed by atoms with van der Waals surface area (Å²) in [4.78, 5) is 18.2. The maximum Gasteiger partial charge on any atom is 0.337 e. The molecule has 1 heterocycles. The molecule has 0 spiro atoms. The van der Waals surface area contributed by atoms with E-state index in [4.69, 9.17) is 4.74 Å². The lowest BCUT2D eigenvalue weighted by Crippen LogP contribution is -2.48. The summed E-state index contributed by atoms with van der Waals surface area (Å²) in [5.74, 6) is 2.44. The average Bonchev–Trinajstić information content (AvgIpc) is 2.62. The molecule has 1 unspecified atom stereocenters. The van der Waals surface area contributed by atoms with Crippen molar-refractivity contribution < 1.29 is 9.53 Å². The van der Waals surface area contributed by atoms with Crippen LogP contribution in [0.15, 0.2) is 29.3 Å². The van der Waals surface area contributed by atoms with Gasteiger partial charge in [-0.2, -0.15) is 11.8 Å². The number of hydrogen-bond acceptors (Lipinski definition) is 4. The van der Waals surface area contributed by atoms with Gasteiger partial charge >= 0.3 is 5.97 Å². The Kier molecular flexibility index (Phi) is 6.97. The first kappa shape index (κ1) is 18.6. The minimum Gasteiger partial charge on any atom is -0.465 e. The van der Waals surface area contributed by atoms with E-state index in [0.29, 0.717) is 23.3 Å². The summed E-state index contributed by atoms with van der Waals surface area (Å²) >= 11 is 2.06. The van der Waals surface area contributed by atoms with E-state index >= 15 is 0 Å². The molecule has 0 aliphatic carbocycles. The zero-order valence-corrected chi connectivity index (χ0v) is 15.7. The van der Waals surface area contributed by atoms with Gasteiger partial charge in [-0.05, 0) is 23.6 Å². The van der Waals surface area contributed by atoms with Crippen LogP contribution >= 0.6 is 11.8 Å². The van der Waals surface area contributed by atoms with Crippen LogP contribution in [-0.2, 0) is 11.3 Å². The number of hydrogen-bond donors (Lipinski definition) is 1. The van der Waals surface area contributed by atoms with Gasteiger partial charge in [0, 0.05) is 37.7 Å². The second-order valence-electron chi connectivity index (χ2n) is 6.19. The quantitative estimate of drug-likeness (QED) is 0.514.